The quantitative estimate of drug-likeness (QED) is 0.715. The number of amides is 1. The van der Waals surface area contributed by atoms with Gasteiger partial charge in [0.2, 0.25) is 0 Å². The zero-order valence-corrected chi connectivity index (χ0v) is 17.4. The number of benzene rings is 2. The number of anilines is 1. The largest absolute Gasteiger partial charge is 0.462 e. The summed E-state index contributed by atoms with van der Waals surface area (Å²) < 4.78 is 5.08. The number of hydrogen-bond donors (Lipinski definition) is 1. The molecule has 1 aliphatic heterocycles. The van der Waals surface area contributed by atoms with E-state index in [1.54, 1.807) is 25.1 Å². The van der Waals surface area contributed by atoms with Crippen LogP contribution < -0.4 is 5.32 Å². The van der Waals surface area contributed by atoms with E-state index in [1.807, 2.05) is 31.2 Å². The van der Waals surface area contributed by atoms with Crippen LogP contribution in [0.15, 0.2) is 42.5 Å². The maximum absolute atomic E-state index is 12.7. The van der Waals surface area contributed by atoms with E-state index >= 15 is 0 Å². The van der Waals surface area contributed by atoms with Crippen molar-refractivity contribution in [3.8, 4) is 0 Å². The van der Waals surface area contributed by atoms with Crippen LogP contribution in [0.5, 0.6) is 0 Å². The van der Waals surface area contributed by atoms with Crippen molar-refractivity contribution >= 4 is 17.6 Å². The van der Waals surface area contributed by atoms with E-state index in [0.29, 0.717) is 29.0 Å². The predicted molar refractivity (Wildman–Crippen MR) is 115 cm³/mol. The Morgan fingerprint density at radius 3 is 2.34 bits per heavy atom. The number of rotatable bonds is 6. The highest BCUT2D eigenvalue weighted by molar-refractivity contribution is 6.05. The van der Waals surface area contributed by atoms with Gasteiger partial charge < -0.3 is 10.1 Å². The number of esters is 1. The molecule has 3 rings (SSSR count). The molecule has 1 aliphatic rings. The van der Waals surface area contributed by atoms with Gasteiger partial charge in [0, 0.05) is 17.8 Å². The summed E-state index contributed by atoms with van der Waals surface area (Å²) in [6, 6.07) is 13.0. The molecule has 1 heterocycles. The second-order valence-corrected chi connectivity index (χ2v) is 7.54. The highest BCUT2D eigenvalue weighted by Gasteiger charge is 2.15. The summed E-state index contributed by atoms with van der Waals surface area (Å²) in [6.45, 7) is 7.14. The first kappa shape index (κ1) is 21.1. The smallest absolute Gasteiger partial charge is 0.338 e. The van der Waals surface area contributed by atoms with Gasteiger partial charge >= 0.3 is 5.97 Å². The fourth-order valence-electron chi connectivity index (χ4n) is 3.71. The summed E-state index contributed by atoms with van der Waals surface area (Å²) in [5.41, 5.74) is 3.62. The molecule has 0 atom stereocenters. The molecule has 0 unspecified atom stereocenters. The summed E-state index contributed by atoms with van der Waals surface area (Å²) in [4.78, 5) is 27.2. The van der Waals surface area contributed by atoms with E-state index < -0.39 is 0 Å². The molecular formula is C24H30N2O3. The number of nitrogens with zero attached hydrogens (tertiary/aromatic N) is 1. The Hall–Kier alpha value is -2.66. The Morgan fingerprint density at radius 2 is 1.69 bits per heavy atom. The maximum atomic E-state index is 12.7. The first-order chi connectivity index (χ1) is 14.1. The number of ether oxygens (including phenoxy) is 1. The van der Waals surface area contributed by atoms with Crippen LogP contribution in [0.1, 0.15) is 64.4 Å². The van der Waals surface area contributed by atoms with Gasteiger partial charge in [0.25, 0.3) is 5.91 Å². The van der Waals surface area contributed by atoms with Gasteiger partial charge in [0.1, 0.15) is 0 Å². The van der Waals surface area contributed by atoms with Gasteiger partial charge in [-0.1, -0.05) is 31.0 Å². The SMILES string of the molecule is CCOC(=O)c1cccc(NC(=O)c2ccc(CN3CCCCCC3)cc2)c1C. The molecule has 0 saturated carbocycles. The summed E-state index contributed by atoms with van der Waals surface area (Å²) in [5.74, 6) is -0.561. The Kier molecular flexibility index (Phi) is 7.42. The van der Waals surface area contributed by atoms with E-state index in [4.69, 9.17) is 4.74 Å². The van der Waals surface area contributed by atoms with E-state index in [1.165, 1.54) is 31.2 Å². The molecule has 0 spiro atoms. The van der Waals surface area contributed by atoms with Gasteiger partial charge in [-0.05, 0) is 75.2 Å². The minimum Gasteiger partial charge on any atom is -0.462 e. The van der Waals surface area contributed by atoms with Crippen LogP contribution in [0.3, 0.4) is 0 Å². The van der Waals surface area contributed by atoms with E-state index in [0.717, 1.165) is 19.6 Å². The average Bonchev–Trinajstić information content (AvgIpc) is 2.99. The van der Waals surface area contributed by atoms with Crippen molar-refractivity contribution < 1.29 is 14.3 Å². The molecule has 5 heteroatoms. The van der Waals surface area contributed by atoms with Gasteiger partial charge in [0.15, 0.2) is 0 Å². The fourth-order valence-corrected chi connectivity index (χ4v) is 3.71. The molecule has 5 nitrogen and oxygen atoms in total. The van der Waals surface area contributed by atoms with Crippen LogP contribution in [-0.2, 0) is 11.3 Å². The van der Waals surface area contributed by atoms with Crippen LogP contribution in [-0.4, -0.2) is 36.5 Å². The molecular weight excluding hydrogens is 364 g/mol. The van der Waals surface area contributed by atoms with Crippen molar-refractivity contribution in [1.82, 2.24) is 4.90 Å². The standard InChI is InChI=1S/C24H30N2O3/c1-3-29-24(28)21-9-8-10-22(18(21)2)25-23(27)20-13-11-19(12-14-20)17-26-15-6-4-5-7-16-26/h8-14H,3-7,15-17H2,1-2H3,(H,25,27). The van der Waals surface area contributed by atoms with Gasteiger partial charge in [-0.2, -0.15) is 0 Å². The van der Waals surface area contributed by atoms with Gasteiger partial charge in [-0.3, -0.25) is 9.69 Å². The molecule has 1 amide bonds. The molecule has 1 N–H and O–H groups in total. The van der Waals surface area contributed by atoms with Crippen molar-refractivity contribution in [2.75, 3.05) is 25.0 Å². The molecule has 1 saturated heterocycles. The van der Waals surface area contributed by atoms with E-state index in [2.05, 4.69) is 10.2 Å². The zero-order valence-electron chi connectivity index (χ0n) is 17.4. The molecule has 29 heavy (non-hydrogen) atoms. The minimum absolute atomic E-state index is 0.185. The Bertz CT molecular complexity index is 838. The molecule has 0 bridgehead atoms. The molecule has 2 aromatic carbocycles. The number of carbonyl (C=O) groups is 2. The summed E-state index contributed by atoms with van der Waals surface area (Å²) in [7, 11) is 0. The zero-order chi connectivity index (χ0) is 20.6. The van der Waals surface area contributed by atoms with Crippen molar-refractivity contribution in [3.63, 3.8) is 0 Å². The molecule has 0 aromatic heterocycles. The van der Waals surface area contributed by atoms with Gasteiger partial charge in [0.05, 0.1) is 12.2 Å². The van der Waals surface area contributed by atoms with Crippen LogP contribution in [0, 0.1) is 6.92 Å². The summed E-state index contributed by atoms with van der Waals surface area (Å²) >= 11 is 0. The molecule has 0 aliphatic carbocycles. The normalized spacial score (nSPS) is 14.8. The average molecular weight is 395 g/mol. The Balaban J connectivity index is 1.65. The monoisotopic (exact) mass is 394 g/mol. The lowest BCUT2D eigenvalue weighted by molar-refractivity contribution is 0.0525. The van der Waals surface area contributed by atoms with Crippen LogP contribution in [0.2, 0.25) is 0 Å². The Labute approximate surface area is 173 Å². The minimum atomic E-state index is -0.376. The van der Waals surface area contributed by atoms with Crippen LogP contribution in [0.25, 0.3) is 0 Å². The van der Waals surface area contributed by atoms with Gasteiger partial charge in [-0.25, -0.2) is 4.79 Å². The lowest BCUT2D eigenvalue weighted by Crippen LogP contribution is -2.24. The number of hydrogen-bond acceptors (Lipinski definition) is 4. The molecule has 154 valence electrons. The lowest BCUT2D eigenvalue weighted by atomic mass is 10.1. The maximum Gasteiger partial charge on any atom is 0.338 e. The number of nitrogens with one attached hydrogen (secondary N) is 1. The van der Waals surface area contributed by atoms with Gasteiger partial charge in [-0.15, -0.1) is 0 Å². The third kappa shape index (κ3) is 5.67. The van der Waals surface area contributed by atoms with E-state index in [9.17, 15) is 9.59 Å². The van der Waals surface area contributed by atoms with Crippen LogP contribution >= 0.6 is 0 Å². The third-order valence-corrected chi connectivity index (χ3v) is 5.40. The summed E-state index contributed by atoms with van der Waals surface area (Å²) in [6.07, 6.45) is 5.19. The highest BCUT2D eigenvalue weighted by atomic mass is 16.5. The van der Waals surface area contributed by atoms with E-state index in [-0.39, 0.29) is 11.9 Å². The number of likely N-dealkylation sites (tertiary alicyclic amines) is 1. The van der Waals surface area contributed by atoms with Crippen molar-refractivity contribution in [1.29, 1.82) is 0 Å². The second kappa shape index (κ2) is 10.2. The fraction of sp³-hybridized carbons (Fsp3) is 0.417. The summed E-state index contributed by atoms with van der Waals surface area (Å²) in [5, 5.41) is 2.92. The Morgan fingerprint density at radius 1 is 1.00 bits per heavy atom. The van der Waals surface area contributed by atoms with Crippen molar-refractivity contribution in [2.24, 2.45) is 0 Å². The molecule has 0 radical (unpaired) electrons. The van der Waals surface area contributed by atoms with Crippen molar-refractivity contribution in [3.05, 3.63) is 64.7 Å². The molecule has 1 fully saturated rings. The second-order valence-electron chi connectivity index (χ2n) is 7.54. The first-order valence-electron chi connectivity index (χ1n) is 10.5. The number of carbonyl (C=O) groups excluding carboxylic acids is 2. The highest BCUT2D eigenvalue weighted by Crippen LogP contribution is 2.21. The topological polar surface area (TPSA) is 58.6 Å². The third-order valence-electron chi connectivity index (χ3n) is 5.40. The molecule has 2 aromatic rings. The van der Waals surface area contributed by atoms with Crippen molar-refractivity contribution in [2.45, 2.75) is 46.1 Å². The predicted octanol–water partition coefficient (Wildman–Crippen LogP) is 4.80. The van der Waals surface area contributed by atoms with Crippen LogP contribution in [0.4, 0.5) is 5.69 Å². The first-order valence-corrected chi connectivity index (χ1v) is 10.5. The lowest BCUT2D eigenvalue weighted by Gasteiger charge is -2.19.